The van der Waals surface area contributed by atoms with Crippen molar-refractivity contribution in [1.82, 2.24) is 0 Å². The number of nitrogens with two attached hydrogens (primary N) is 1. The zero-order chi connectivity index (χ0) is 17.1. The molecule has 132 valence electrons. The van der Waals surface area contributed by atoms with Gasteiger partial charge in [-0.25, -0.2) is 9.59 Å². The molecule has 0 fully saturated rings. The maximum absolute atomic E-state index is 11.9. The molecule has 0 atom stereocenters. The molecule has 0 unspecified atom stereocenters. The van der Waals surface area contributed by atoms with Crippen molar-refractivity contribution in [2.75, 3.05) is 33.0 Å². The van der Waals surface area contributed by atoms with Crippen LogP contribution >= 0.6 is 0 Å². The quantitative estimate of drug-likeness (QED) is 0.188. The molecule has 24 heavy (non-hydrogen) atoms. The second-order valence-electron chi connectivity index (χ2n) is 4.25. The molecule has 0 aliphatic heterocycles. The van der Waals surface area contributed by atoms with Crippen LogP contribution in [0.5, 0.6) is 0 Å². The Hall–Kier alpha value is -2.10. The van der Waals surface area contributed by atoms with Gasteiger partial charge in [-0.15, -0.1) is 4.57 Å². The molecule has 0 radical (unpaired) electrons. The third-order valence-corrected chi connectivity index (χ3v) is 2.62. The highest BCUT2D eigenvalue weighted by molar-refractivity contribution is 5.90. The van der Waals surface area contributed by atoms with Crippen molar-refractivity contribution < 1.29 is 50.1 Å². The molecule has 0 aliphatic carbocycles. The number of ether oxygens (including phenoxy) is 3. The van der Waals surface area contributed by atoms with Gasteiger partial charge in [0.05, 0.1) is 19.8 Å². The summed E-state index contributed by atoms with van der Waals surface area (Å²) in [5.74, 6) is -1.63. The zero-order valence-electron chi connectivity index (χ0n) is 13.0. The number of amides is 1. The number of carbonyl (C=O) groups excluding carboxylic acids is 3. The molecule has 9 heteroatoms. The van der Waals surface area contributed by atoms with Gasteiger partial charge in [-0.1, -0.05) is 6.58 Å². The van der Waals surface area contributed by atoms with Gasteiger partial charge >= 0.3 is 17.8 Å². The molecule has 2 N–H and O–H groups in total. The maximum Gasteiger partial charge on any atom is 0.418 e. The van der Waals surface area contributed by atoms with E-state index in [2.05, 4.69) is 6.58 Å². The summed E-state index contributed by atoms with van der Waals surface area (Å²) in [6.45, 7) is 3.80. The molecule has 0 bridgehead atoms. The first-order valence-corrected chi connectivity index (χ1v) is 6.84. The number of hydrogen-bond donors (Lipinski definition) is 1. The third kappa shape index (κ3) is 7.95. The SMILES string of the molecule is C=CC(=O)OCCOCCOCC(=O)[n+]1ccccc1C(N)=O.[Br-]. The van der Waals surface area contributed by atoms with Crippen molar-refractivity contribution >= 4 is 17.8 Å². The average Bonchev–Trinajstić information content (AvgIpc) is 2.56. The molecule has 1 amide bonds. The highest BCUT2D eigenvalue weighted by Gasteiger charge is 2.22. The van der Waals surface area contributed by atoms with E-state index >= 15 is 0 Å². The lowest BCUT2D eigenvalue weighted by Gasteiger charge is -2.05. The van der Waals surface area contributed by atoms with Crippen LogP contribution in [0.3, 0.4) is 0 Å². The van der Waals surface area contributed by atoms with Crippen molar-refractivity contribution in [1.29, 1.82) is 0 Å². The van der Waals surface area contributed by atoms with Gasteiger partial charge in [-0.05, 0) is 6.07 Å². The summed E-state index contributed by atoms with van der Waals surface area (Å²) in [7, 11) is 0. The standard InChI is InChI=1S/C15H18N2O6.BrH/c1-2-14(19)23-10-9-21-7-8-22-11-13(18)17-6-4-3-5-12(17)15(16)20;/h2-6H,1,7-11H2,(H-,16,20);1H. The van der Waals surface area contributed by atoms with E-state index in [0.29, 0.717) is 0 Å². The molecular formula is C15H19BrN2O6. The Morgan fingerprint density at radius 1 is 1.12 bits per heavy atom. The predicted octanol–water partition coefficient (Wildman–Crippen LogP) is -3.52. The Kier molecular flexibility index (Phi) is 11.3. The van der Waals surface area contributed by atoms with Crippen LogP contribution in [0.25, 0.3) is 0 Å². The molecule has 0 spiro atoms. The maximum atomic E-state index is 11.9. The van der Waals surface area contributed by atoms with Gasteiger partial charge in [0, 0.05) is 18.2 Å². The number of nitrogens with zero attached hydrogens (tertiary/aromatic N) is 1. The molecule has 0 aliphatic rings. The number of pyridine rings is 1. The molecule has 0 saturated carbocycles. The highest BCUT2D eigenvalue weighted by atomic mass is 79.9. The Balaban J connectivity index is 0.00000529. The van der Waals surface area contributed by atoms with Crippen molar-refractivity contribution in [3.05, 3.63) is 42.7 Å². The van der Waals surface area contributed by atoms with E-state index in [4.69, 9.17) is 19.9 Å². The van der Waals surface area contributed by atoms with E-state index in [1.54, 1.807) is 12.1 Å². The van der Waals surface area contributed by atoms with Crippen LogP contribution in [-0.4, -0.2) is 50.8 Å². The van der Waals surface area contributed by atoms with Crippen LogP contribution in [-0.2, 0) is 19.0 Å². The first-order chi connectivity index (χ1) is 11.1. The third-order valence-electron chi connectivity index (χ3n) is 2.62. The van der Waals surface area contributed by atoms with E-state index in [9.17, 15) is 14.4 Å². The fourth-order valence-corrected chi connectivity index (χ4v) is 1.57. The van der Waals surface area contributed by atoms with Crippen LogP contribution in [0, 0.1) is 0 Å². The number of halogens is 1. The van der Waals surface area contributed by atoms with Crippen LogP contribution in [0.15, 0.2) is 37.1 Å². The van der Waals surface area contributed by atoms with Crippen LogP contribution in [0.4, 0.5) is 0 Å². The average molecular weight is 403 g/mol. The van der Waals surface area contributed by atoms with Crippen molar-refractivity contribution in [2.45, 2.75) is 0 Å². The lowest BCUT2D eigenvalue weighted by molar-refractivity contribution is -0.577. The number of primary amides is 1. The van der Waals surface area contributed by atoms with E-state index in [-0.39, 0.29) is 55.7 Å². The Morgan fingerprint density at radius 2 is 1.79 bits per heavy atom. The second-order valence-corrected chi connectivity index (χ2v) is 4.25. The first-order valence-electron chi connectivity index (χ1n) is 6.84. The highest BCUT2D eigenvalue weighted by Crippen LogP contribution is 1.90. The lowest BCUT2D eigenvalue weighted by atomic mass is 10.3. The monoisotopic (exact) mass is 402 g/mol. The minimum atomic E-state index is -0.698. The summed E-state index contributed by atoms with van der Waals surface area (Å²) in [5.41, 5.74) is 5.28. The first kappa shape index (κ1) is 21.9. The molecule has 8 nitrogen and oxygen atoms in total. The molecule has 0 aromatic carbocycles. The number of esters is 1. The van der Waals surface area contributed by atoms with E-state index in [1.165, 1.54) is 12.3 Å². The van der Waals surface area contributed by atoms with E-state index in [0.717, 1.165) is 10.6 Å². The minimum absolute atomic E-state index is 0. The van der Waals surface area contributed by atoms with Crippen LogP contribution in [0.2, 0.25) is 0 Å². The summed E-state index contributed by atoms with van der Waals surface area (Å²) in [4.78, 5) is 33.9. The van der Waals surface area contributed by atoms with Gasteiger partial charge in [0.15, 0.2) is 12.8 Å². The Bertz CT molecular complexity index is 579. The van der Waals surface area contributed by atoms with Crippen LogP contribution < -0.4 is 27.3 Å². The summed E-state index contributed by atoms with van der Waals surface area (Å²) in [6, 6.07) is 4.67. The van der Waals surface area contributed by atoms with Gasteiger partial charge in [-0.3, -0.25) is 4.79 Å². The summed E-state index contributed by atoms with van der Waals surface area (Å²) in [6.07, 6.45) is 2.51. The smallest absolute Gasteiger partial charge is 0.418 e. The number of rotatable bonds is 10. The molecular weight excluding hydrogens is 384 g/mol. The minimum Gasteiger partial charge on any atom is -1.00 e. The Labute approximate surface area is 149 Å². The van der Waals surface area contributed by atoms with Crippen molar-refractivity contribution in [3.8, 4) is 0 Å². The number of hydrogen-bond acceptors (Lipinski definition) is 6. The lowest BCUT2D eigenvalue weighted by Crippen LogP contribution is -3.00. The van der Waals surface area contributed by atoms with Gasteiger partial charge in [0.2, 0.25) is 0 Å². The van der Waals surface area contributed by atoms with E-state index in [1.807, 2.05) is 0 Å². The predicted molar refractivity (Wildman–Crippen MR) is 78.6 cm³/mol. The molecule has 1 rings (SSSR count). The molecule has 0 saturated heterocycles. The van der Waals surface area contributed by atoms with Gasteiger partial charge in [0.25, 0.3) is 5.69 Å². The van der Waals surface area contributed by atoms with Gasteiger partial charge < -0.3 is 36.9 Å². The van der Waals surface area contributed by atoms with Gasteiger partial charge in [-0.2, -0.15) is 0 Å². The topological polar surface area (TPSA) is 109 Å². The van der Waals surface area contributed by atoms with Crippen molar-refractivity contribution in [3.63, 3.8) is 0 Å². The fraction of sp³-hybridized carbons (Fsp3) is 0.333. The molecule has 1 aromatic heterocycles. The fourth-order valence-electron chi connectivity index (χ4n) is 1.57. The van der Waals surface area contributed by atoms with Crippen LogP contribution in [0.1, 0.15) is 15.3 Å². The Morgan fingerprint density at radius 3 is 2.46 bits per heavy atom. The number of aromatic nitrogens is 1. The van der Waals surface area contributed by atoms with E-state index < -0.39 is 17.8 Å². The summed E-state index contributed by atoms with van der Waals surface area (Å²) in [5, 5.41) is 0. The largest absolute Gasteiger partial charge is 1.00 e. The normalized spacial score (nSPS) is 9.67. The molecule has 1 aromatic rings. The second kappa shape index (κ2) is 12.3. The summed E-state index contributed by atoms with van der Waals surface area (Å²) < 4.78 is 16.2. The molecule has 1 heterocycles. The zero-order valence-corrected chi connectivity index (χ0v) is 14.6. The van der Waals surface area contributed by atoms with Crippen molar-refractivity contribution in [2.24, 2.45) is 5.73 Å². The van der Waals surface area contributed by atoms with Gasteiger partial charge in [0.1, 0.15) is 6.61 Å². The number of carbonyl (C=O) groups is 3. The summed E-state index contributed by atoms with van der Waals surface area (Å²) >= 11 is 0.